The van der Waals surface area contributed by atoms with Gasteiger partial charge in [-0.2, -0.15) is 0 Å². The Morgan fingerprint density at radius 1 is 1.19 bits per heavy atom. The molecule has 0 heterocycles. The van der Waals surface area contributed by atoms with Crippen LogP contribution in [0.5, 0.6) is 5.75 Å². The predicted octanol–water partition coefficient (Wildman–Crippen LogP) is 3.39. The van der Waals surface area contributed by atoms with Crippen LogP contribution in [0.15, 0.2) is 48.5 Å². The minimum Gasteiger partial charge on any atom is -0.490 e. The number of aryl methyl sites for hydroxylation is 1. The maximum atomic E-state index is 11.8. The summed E-state index contributed by atoms with van der Waals surface area (Å²) >= 11 is 6.03. The van der Waals surface area contributed by atoms with Crippen molar-refractivity contribution in [2.45, 2.75) is 13.3 Å². The number of carbonyl (C=O) groups is 1. The van der Waals surface area contributed by atoms with Gasteiger partial charge in [0.05, 0.1) is 18.0 Å². The smallest absolute Gasteiger partial charge is 0.224 e. The predicted molar refractivity (Wildman–Crippen MR) is 84.8 cm³/mol. The van der Waals surface area contributed by atoms with Gasteiger partial charge in [0.15, 0.2) is 0 Å². The summed E-state index contributed by atoms with van der Waals surface area (Å²) in [5, 5.41) is 3.41. The molecule has 21 heavy (non-hydrogen) atoms. The van der Waals surface area contributed by atoms with Crippen molar-refractivity contribution < 1.29 is 9.53 Å². The summed E-state index contributed by atoms with van der Waals surface area (Å²) < 4.78 is 5.57. The van der Waals surface area contributed by atoms with Crippen LogP contribution in [0.1, 0.15) is 11.1 Å². The lowest BCUT2D eigenvalue weighted by molar-refractivity contribution is -0.120. The van der Waals surface area contributed by atoms with E-state index in [1.165, 1.54) is 0 Å². The maximum absolute atomic E-state index is 11.8. The summed E-state index contributed by atoms with van der Waals surface area (Å²) in [5.74, 6) is 0.633. The number of benzene rings is 2. The summed E-state index contributed by atoms with van der Waals surface area (Å²) in [7, 11) is 0. The third kappa shape index (κ3) is 5.12. The second kappa shape index (κ2) is 7.70. The molecule has 2 aromatic carbocycles. The van der Waals surface area contributed by atoms with E-state index in [0.29, 0.717) is 30.3 Å². The molecule has 4 heteroatoms. The average molecular weight is 304 g/mol. The van der Waals surface area contributed by atoms with Crippen LogP contribution < -0.4 is 10.1 Å². The van der Waals surface area contributed by atoms with E-state index in [-0.39, 0.29) is 5.91 Å². The van der Waals surface area contributed by atoms with Crippen molar-refractivity contribution >= 4 is 17.5 Å². The van der Waals surface area contributed by atoms with Crippen LogP contribution in [0.2, 0.25) is 5.02 Å². The molecule has 0 spiro atoms. The summed E-state index contributed by atoms with van der Waals surface area (Å²) in [4.78, 5) is 11.8. The van der Waals surface area contributed by atoms with Gasteiger partial charge in [0.25, 0.3) is 0 Å². The van der Waals surface area contributed by atoms with E-state index < -0.39 is 0 Å². The van der Waals surface area contributed by atoms with E-state index >= 15 is 0 Å². The summed E-state index contributed by atoms with van der Waals surface area (Å²) in [6, 6.07) is 15.3. The van der Waals surface area contributed by atoms with Crippen molar-refractivity contribution in [1.29, 1.82) is 0 Å². The van der Waals surface area contributed by atoms with Crippen molar-refractivity contribution in [2.75, 3.05) is 13.2 Å². The molecule has 0 atom stereocenters. The van der Waals surface area contributed by atoms with Crippen molar-refractivity contribution in [3.8, 4) is 5.75 Å². The van der Waals surface area contributed by atoms with Gasteiger partial charge in [-0.25, -0.2) is 0 Å². The van der Waals surface area contributed by atoms with E-state index in [1.54, 1.807) is 6.07 Å². The number of hydrogen-bond acceptors (Lipinski definition) is 2. The molecule has 3 nitrogen and oxygen atoms in total. The van der Waals surface area contributed by atoms with Gasteiger partial charge in [-0.1, -0.05) is 48.0 Å². The van der Waals surface area contributed by atoms with Crippen LogP contribution in [-0.2, 0) is 11.2 Å². The third-order valence-electron chi connectivity index (χ3n) is 2.98. The van der Waals surface area contributed by atoms with E-state index in [2.05, 4.69) is 5.32 Å². The van der Waals surface area contributed by atoms with Gasteiger partial charge < -0.3 is 10.1 Å². The molecule has 110 valence electrons. The molecule has 0 aliphatic heterocycles. The van der Waals surface area contributed by atoms with Crippen molar-refractivity contribution in [2.24, 2.45) is 0 Å². The molecular formula is C17H18ClNO2. The first-order valence-corrected chi connectivity index (χ1v) is 7.22. The SMILES string of the molecule is Cc1ccc(Cl)c(OCCNC(=O)Cc2ccccc2)c1. The van der Waals surface area contributed by atoms with Crippen molar-refractivity contribution in [1.82, 2.24) is 5.32 Å². The fourth-order valence-electron chi connectivity index (χ4n) is 1.92. The van der Waals surface area contributed by atoms with Gasteiger partial charge in [-0.3, -0.25) is 4.79 Å². The molecule has 0 aliphatic rings. The van der Waals surface area contributed by atoms with Gasteiger partial charge in [-0.15, -0.1) is 0 Å². The molecule has 2 rings (SSSR count). The van der Waals surface area contributed by atoms with Gasteiger partial charge in [-0.05, 0) is 30.2 Å². The Kier molecular flexibility index (Phi) is 5.64. The fraction of sp³-hybridized carbons (Fsp3) is 0.235. The van der Waals surface area contributed by atoms with E-state index in [4.69, 9.17) is 16.3 Å². The highest BCUT2D eigenvalue weighted by atomic mass is 35.5. The molecule has 0 aromatic heterocycles. The summed E-state index contributed by atoms with van der Waals surface area (Å²) in [6.45, 7) is 2.82. The molecule has 0 bridgehead atoms. The fourth-order valence-corrected chi connectivity index (χ4v) is 2.09. The largest absolute Gasteiger partial charge is 0.490 e. The second-order valence-electron chi connectivity index (χ2n) is 4.79. The van der Waals surface area contributed by atoms with Gasteiger partial charge >= 0.3 is 0 Å². The van der Waals surface area contributed by atoms with E-state index in [9.17, 15) is 4.79 Å². The number of carbonyl (C=O) groups excluding carboxylic acids is 1. The monoisotopic (exact) mass is 303 g/mol. The summed E-state index contributed by atoms with van der Waals surface area (Å²) in [5.41, 5.74) is 2.08. The highest BCUT2D eigenvalue weighted by molar-refractivity contribution is 6.32. The first-order valence-electron chi connectivity index (χ1n) is 6.85. The lowest BCUT2D eigenvalue weighted by Gasteiger charge is -2.10. The Labute approximate surface area is 129 Å². The Hall–Kier alpha value is -2.00. The lowest BCUT2D eigenvalue weighted by atomic mass is 10.1. The molecule has 2 aromatic rings. The molecule has 0 aliphatic carbocycles. The van der Waals surface area contributed by atoms with Crippen molar-refractivity contribution in [3.63, 3.8) is 0 Å². The lowest BCUT2D eigenvalue weighted by Crippen LogP contribution is -2.29. The second-order valence-corrected chi connectivity index (χ2v) is 5.20. The summed E-state index contributed by atoms with van der Waals surface area (Å²) in [6.07, 6.45) is 0.381. The van der Waals surface area contributed by atoms with Crippen LogP contribution in [0.3, 0.4) is 0 Å². The molecule has 1 amide bonds. The number of ether oxygens (including phenoxy) is 1. The zero-order chi connectivity index (χ0) is 15.1. The van der Waals surface area contributed by atoms with E-state index in [1.807, 2.05) is 49.4 Å². The molecule has 0 fully saturated rings. The Morgan fingerprint density at radius 3 is 2.71 bits per heavy atom. The molecule has 1 N–H and O–H groups in total. The van der Waals surface area contributed by atoms with Crippen LogP contribution in [0.4, 0.5) is 0 Å². The van der Waals surface area contributed by atoms with E-state index in [0.717, 1.165) is 11.1 Å². The quantitative estimate of drug-likeness (QED) is 0.831. The average Bonchev–Trinajstić information content (AvgIpc) is 2.48. The van der Waals surface area contributed by atoms with Crippen LogP contribution in [-0.4, -0.2) is 19.1 Å². The van der Waals surface area contributed by atoms with Crippen LogP contribution in [0.25, 0.3) is 0 Å². The number of amides is 1. The Morgan fingerprint density at radius 2 is 1.95 bits per heavy atom. The highest BCUT2D eigenvalue weighted by Gasteiger charge is 2.04. The van der Waals surface area contributed by atoms with Crippen molar-refractivity contribution in [3.05, 3.63) is 64.7 Å². The maximum Gasteiger partial charge on any atom is 0.224 e. The number of hydrogen-bond donors (Lipinski definition) is 1. The van der Waals surface area contributed by atoms with Gasteiger partial charge in [0.2, 0.25) is 5.91 Å². The van der Waals surface area contributed by atoms with Crippen LogP contribution >= 0.6 is 11.6 Å². The Balaban J connectivity index is 1.72. The standard InChI is InChI=1S/C17H18ClNO2/c1-13-7-8-15(18)16(11-13)21-10-9-19-17(20)12-14-5-3-2-4-6-14/h2-8,11H,9-10,12H2,1H3,(H,19,20). The molecule has 0 saturated heterocycles. The minimum absolute atomic E-state index is 0.0138. The van der Waals surface area contributed by atoms with Gasteiger partial charge in [0, 0.05) is 0 Å². The number of nitrogens with one attached hydrogen (secondary N) is 1. The number of halogens is 1. The third-order valence-corrected chi connectivity index (χ3v) is 3.29. The minimum atomic E-state index is -0.0138. The molecule has 0 saturated carbocycles. The zero-order valence-corrected chi connectivity index (χ0v) is 12.7. The molecule has 0 radical (unpaired) electrons. The topological polar surface area (TPSA) is 38.3 Å². The molecule has 0 unspecified atom stereocenters. The number of rotatable bonds is 6. The van der Waals surface area contributed by atoms with Crippen LogP contribution in [0, 0.1) is 6.92 Å². The normalized spacial score (nSPS) is 10.2. The first kappa shape index (κ1) is 15.4. The first-order chi connectivity index (χ1) is 10.1. The Bertz CT molecular complexity index is 599. The molecular weight excluding hydrogens is 286 g/mol. The highest BCUT2D eigenvalue weighted by Crippen LogP contribution is 2.24. The van der Waals surface area contributed by atoms with Gasteiger partial charge in [0.1, 0.15) is 12.4 Å². The zero-order valence-electron chi connectivity index (χ0n) is 11.9.